The van der Waals surface area contributed by atoms with Crippen LogP contribution in [-0.2, 0) is 0 Å². The number of halogens is 2. The van der Waals surface area contributed by atoms with Crippen LogP contribution in [0.4, 0.5) is 5.69 Å². The molecular weight excluding hydrogens is 271 g/mol. The lowest BCUT2D eigenvalue weighted by molar-refractivity contribution is 0.102. The summed E-state index contributed by atoms with van der Waals surface area (Å²) in [5.41, 5.74) is 1.84. The van der Waals surface area contributed by atoms with Gasteiger partial charge in [0.25, 0.3) is 5.91 Å². The number of hydrogen-bond donors (Lipinski definition) is 1. The number of nitrogens with zero attached hydrogens (tertiary/aromatic N) is 1. The Kier molecular flexibility index (Phi) is 3.84. The van der Waals surface area contributed by atoms with Gasteiger partial charge in [-0.2, -0.15) is 0 Å². The van der Waals surface area contributed by atoms with Crippen LogP contribution in [0, 0.1) is 6.92 Å². The predicted molar refractivity (Wildman–Crippen MR) is 73.4 cm³/mol. The van der Waals surface area contributed by atoms with Crippen molar-refractivity contribution in [1.82, 2.24) is 4.98 Å². The van der Waals surface area contributed by atoms with Gasteiger partial charge in [0.05, 0.1) is 0 Å². The van der Waals surface area contributed by atoms with Gasteiger partial charge in [-0.25, -0.2) is 4.98 Å². The molecule has 0 aliphatic heterocycles. The Morgan fingerprint density at radius 1 is 1.22 bits per heavy atom. The van der Waals surface area contributed by atoms with E-state index in [1.54, 1.807) is 30.3 Å². The first-order valence-electron chi connectivity index (χ1n) is 5.26. The van der Waals surface area contributed by atoms with Gasteiger partial charge < -0.3 is 5.32 Å². The van der Waals surface area contributed by atoms with Crippen LogP contribution < -0.4 is 5.32 Å². The molecule has 1 amide bonds. The second-order valence-electron chi connectivity index (χ2n) is 3.76. The molecule has 0 radical (unpaired) electrons. The molecule has 5 heteroatoms. The molecule has 0 unspecified atom stereocenters. The Balaban J connectivity index is 2.18. The maximum absolute atomic E-state index is 11.9. The Labute approximate surface area is 115 Å². The molecule has 1 N–H and O–H groups in total. The number of hydrogen-bond acceptors (Lipinski definition) is 2. The largest absolute Gasteiger partial charge is 0.321 e. The van der Waals surface area contributed by atoms with Crippen LogP contribution in [0.15, 0.2) is 36.4 Å². The van der Waals surface area contributed by atoms with Gasteiger partial charge in [0, 0.05) is 10.7 Å². The molecule has 1 aromatic heterocycles. The van der Waals surface area contributed by atoms with Gasteiger partial charge in [-0.1, -0.05) is 35.3 Å². The van der Waals surface area contributed by atoms with Crippen molar-refractivity contribution in [3.05, 3.63) is 57.8 Å². The third kappa shape index (κ3) is 3.00. The SMILES string of the molecule is Cc1ccc(NC(=O)c2cccc(Cl)n2)cc1Cl. The summed E-state index contributed by atoms with van der Waals surface area (Å²) in [6.45, 7) is 1.90. The van der Waals surface area contributed by atoms with E-state index in [1.165, 1.54) is 0 Å². The number of rotatable bonds is 2. The van der Waals surface area contributed by atoms with E-state index in [0.29, 0.717) is 10.7 Å². The van der Waals surface area contributed by atoms with Gasteiger partial charge in [0.1, 0.15) is 10.8 Å². The van der Waals surface area contributed by atoms with Crippen molar-refractivity contribution in [3.63, 3.8) is 0 Å². The Morgan fingerprint density at radius 2 is 2.00 bits per heavy atom. The molecule has 0 saturated heterocycles. The highest BCUT2D eigenvalue weighted by molar-refractivity contribution is 6.31. The number of amides is 1. The number of nitrogens with one attached hydrogen (secondary N) is 1. The highest BCUT2D eigenvalue weighted by atomic mass is 35.5. The minimum Gasteiger partial charge on any atom is -0.321 e. The maximum Gasteiger partial charge on any atom is 0.274 e. The lowest BCUT2D eigenvalue weighted by Crippen LogP contribution is -2.13. The van der Waals surface area contributed by atoms with Gasteiger partial charge in [0.2, 0.25) is 0 Å². The van der Waals surface area contributed by atoms with Gasteiger partial charge in [0.15, 0.2) is 0 Å². The monoisotopic (exact) mass is 280 g/mol. The Morgan fingerprint density at radius 3 is 2.67 bits per heavy atom. The molecule has 0 bridgehead atoms. The summed E-state index contributed by atoms with van der Waals surface area (Å²) in [6, 6.07) is 10.2. The van der Waals surface area contributed by atoms with Gasteiger partial charge >= 0.3 is 0 Å². The second kappa shape index (κ2) is 5.38. The van der Waals surface area contributed by atoms with Crippen LogP contribution in [-0.4, -0.2) is 10.9 Å². The summed E-state index contributed by atoms with van der Waals surface area (Å²) in [5.74, 6) is -0.322. The summed E-state index contributed by atoms with van der Waals surface area (Å²) in [7, 11) is 0. The standard InChI is InChI=1S/C13H10Cl2N2O/c1-8-5-6-9(7-10(8)14)16-13(18)11-3-2-4-12(15)17-11/h2-7H,1H3,(H,16,18). The quantitative estimate of drug-likeness (QED) is 0.847. The molecule has 1 aromatic carbocycles. The number of carbonyl (C=O) groups excluding carboxylic acids is 1. The van der Waals surface area contributed by atoms with Crippen LogP contribution in [0.25, 0.3) is 0 Å². The van der Waals surface area contributed by atoms with Crippen molar-refractivity contribution in [2.24, 2.45) is 0 Å². The van der Waals surface area contributed by atoms with E-state index in [9.17, 15) is 4.79 Å². The van der Waals surface area contributed by atoms with Crippen LogP contribution in [0.1, 0.15) is 16.1 Å². The minimum absolute atomic E-state index is 0.263. The first-order chi connectivity index (χ1) is 8.56. The molecule has 0 aliphatic carbocycles. The molecule has 2 rings (SSSR count). The molecule has 2 aromatic rings. The fourth-order valence-corrected chi connectivity index (χ4v) is 1.74. The van der Waals surface area contributed by atoms with Crippen LogP contribution in [0.3, 0.4) is 0 Å². The summed E-state index contributed by atoms with van der Waals surface area (Å²) in [5, 5.41) is 3.59. The molecule has 0 atom stereocenters. The molecular formula is C13H10Cl2N2O. The van der Waals surface area contributed by atoms with E-state index < -0.39 is 0 Å². The number of aryl methyl sites for hydroxylation is 1. The molecule has 0 saturated carbocycles. The topological polar surface area (TPSA) is 42.0 Å². The van der Waals surface area contributed by atoms with Crippen LogP contribution in [0.2, 0.25) is 10.2 Å². The highest BCUT2D eigenvalue weighted by Crippen LogP contribution is 2.20. The lowest BCUT2D eigenvalue weighted by atomic mass is 10.2. The number of carbonyl (C=O) groups is 1. The van der Waals surface area contributed by atoms with Crippen molar-refractivity contribution < 1.29 is 4.79 Å². The van der Waals surface area contributed by atoms with Gasteiger partial charge in [-0.15, -0.1) is 0 Å². The third-order valence-electron chi connectivity index (χ3n) is 2.38. The lowest BCUT2D eigenvalue weighted by Gasteiger charge is -2.06. The number of aromatic nitrogens is 1. The van der Waals surface area contributed by atoms with E-state index in [4.69, 9.17) is 23.2 Å². The Bertz CT molecular complexity index is 599. The van der Waals surface area contributed by atoms with Crippen LogP contribution >= 0.6 is 23.2 Å². The van der Waals surface area contributed by atoms with Crippen LogP contribution in [0.5, 0.6) is 0 Å². The van der Waals surface area contributed by atoms with Crippen molar-refractivity contribution in [1.29, 1.82) is 0 Å². The zero-order valence-corrected chi connectivity index (χ0v) is 11.1. The maximum atomic E-state index is 11.9. The van der Waals surface area contributed by atoms with Gasteiger partial charge in [-0.05, 0) is 36.8 Å². The first-order valence-corrected chi connectivity index (χ1v) is 6.02. The molecule has 1 heterocycles. The second-order valence-corrected chi connectivity index (χ2v) is 4.56. The van der Waals surface area contributed by atoms with E-state index in [0.717, 1.165) is 5.56 Å². The van der Waals surface area contributed by atoms with E-state index in [1.807, 2.05) is 13.0 Å². The summed E-state index contributed by atoms with van der Waals surface area (Å²) in [6.07, 6.45) is 0. The number of anilines is 1. The van der Waals surface area contributed by atoms with E-state index >= 15 is 0 Å². The average molecular weight is 281 g/mol. The highest BCUT2D eigenvalue weighted by Gasteiger charge is 2.08. The molecule has 92 valence electrons. The van der Waals surface area contributed by atoms with Crippen molar-refractivity contribution in [2.45, 2.75) is 6.92 Å². The predicted octanol–water partition coefficient (Wildman–Crippen LogP) is 3.95. The summed E-state index contributed by atoms with van der Waals surface area (Å²) < 4.78 is 0. The van der Waals surface area contributed by atoms with E-state index in [2.05, 4.69) is 10.3 Å². The smallest absolute Gasteiger partial charge is 0.274 e. The zero-order chi connectivity index (χ0) is 13.1. The zero-order valence-electron chi connectivity index (χ0n) is 9.58. The van der Waals surface area contributed by atoms with Crippen molar-refractivity contribution in [3.8, 4) is 0 Å². The fraction of sp³-hybridized carbons (Fsp3) is 0.0769. The fourth-order valence-electron chi connectivity index (χ4n) is 1.40. The molecule has 3 nitrogen and oxygen atoms in total. The minimum atomic E-state index is -0.322. The molecule has 0 spiro atoms. The normalized spacial score (nSPS) is 10.2. The average Bonchev–Trinajstić information content (AvgIpc) is 2.34. The number of benzene rings is 1. The van der Waals surface area contributed by atoms with E-state index in [-0.39, 0.29) is 16.8 Å². The van der Waals surface area contributed by atoms with Gasteiger partial charge in [-0.3, -0.25) is 4.79 Å². The Hall–Kier alpha value is -1.58. The third-order valence-corrected chi connectivity index (χ3v) is 3.00. The van der Waals surface area contributed by atoms with Crippen molar-refractivity contribution >= 4 is 34.8 Å². The summed E-state index contributed by atoms with van der Waals surface area (Å²) in [4.78, 5) is 15.8. The number of pyridine rings is 1. The summed E-state index contributed by atoms with van der Waals surface area (Å²) >= 11 is 11.7. The molecule has 0 fully saturated rings. The molecule has 18 heavy (non-hydrogen) atoms. The van der Waals surface area contributed by atoms with Crippen molar-refractivity contribution in [2.75, 3.05) is 5.32 Å². The first kappa shape index (κ1) is 12.9. The molecule has 0 aliphatic rings.